The second kappa shape index (κ2) is 4.86. The summed E-state index contributed by atoms with van der Waals surface area (Å²) in [6.07, 6.45) is 3.24. The number of anilines is 1. The molecular formula is C15H17NO2. The van der Waals surface area contributed by atoms with E-state index in [1.807, 2.05) is 24.3 Å². The summed E-state index contributed by atoms with van der Waals surface area (Å²) in [7, 11) is 0. The van der Waals surface area contributed by atoms with Crippen LogP contribution in [-0.2, 0) is 0 Å². The number of nitrogens with zero attached hydrogens (tertiary/aromatic N) is 1. The number of benzene rings is 1. The zero-order valence-electron chi connectivity index (χ0n) is 10.2. The van der Waals surface area contributed by atoms with Crippen LogP contribution in [0.2, 0.25) is 0 Å². The molecule has 1 saturated heterocycles. The molecule has 1 fully saturated rings. The molecule has 1 aromatic heterocycles. The number of hydrogen-bond donors (Lipinski definition) is 1. The molecule has 0 radical (unpaired) electrons. The Bertz CT molecular complexity index is 499. The molecule has 0 unspecified atom stereocenters. The van der Waals surface area contributed by atoms with Gasteiger partial charge in [-0.25, -0.2) is 0 Å². The smallest absolute Gasteiger partial charge is 0.135 e. The Balaban J connectivity index is 1.92. The highest BCUT2D eigenvalue weighted by Gasteiger charge is 2.20. The number of para-hydroxylation sites is 1. The van der Waals surface area contributed by atoms with Crippen LogP contribution in [0.4, 0.5) is 5.69 Å². The Morgan fingerprint density at radius 1 is 1.06 bits per heavy atom. The van der Waals surface area contributed by atoms with Crippen molar-refractivity contribution >= 4 is 5.69 Å². The normalized spacial score (nSPS) is 17.1. The van der Waals surface area contributed by atoms with Gasteiger partial charge in [0.1, 0.15) is 5.76 Å². The van der Waals surface area contributed by atoms with Crippen molar-refractivity contribution in [2.24, 2.45) is 0 Å². The molecule has 3 nitrogen and oxygen atoms in total. The van der Waals surface area contributed by atoms with Gasteiger partial charge in [0.2, 0.25) is 0 Å². The quantitative estimate of drug-likeness (QED) is 0.881. The third-order valence-electron chi connectivity index (χ3n) is 3.50. The van der Waals surface area contributed by atoms with Gasteiger partial charge in [-0.1, -0.05) is 12.1 Å². The van der Waals surface area contributed by atoms with Crippen LogP contribution in [0.15, 0.2) is 47.1 Å². The van der Waals surface area contributed by atoms with Crippen molar-refractivity contribution in [3.05, 3.63) is 42.7 Å². The van der Waals surface area contributed by atoms with E-state index in [1.165, 1.54) is 5.69 Å². The molecular weight excluding hydrogens is 226 g/mol. The van der Waals surface area contributed by atoms with E-state index in [-0.39, 0.29) is 6.10 Å². The first-order valence-electron chi connectivity index (χ1n) is 6.40. The van der Waals surface area contributed by atoms with Crippen LogP contribution in [0, 0.1) is 0 Å². The average molecular weight is 243 g/mol. The van der Waals surface area contributed by atoms with Crippen LogP contribution >= 0.6 is 0 Å². The molecule has 1 aromatic carbocycles. The van der Waals surface area contributed by atoms with Crippen molar-refractivity contribution in [3.63, 3.8) is 0 Å². The van der Waals surface area contributed by atoms with Crippen molar-refractivity contribution in [1.29, 1.82) is 0 Å². The Kier molecular flexibility index (Phi) is 3.07. The number of rotatable bonds is 2. The minimum atomic E-state index is -0.142. The highest BCUT2D eigenvalue weighted by Crippen LogP contribution is 2.32. The minimum Gasteiger partial charge on any atom is -0.464 e. The van der Waals surface area contributed by atoms with Gasteiger partial charge in [0, 0.05) is 24.3 Å². The van der Waals surface area contributed by atoms with Crippen molar-refractivity contribution < 1.29 is 9.52 Å². The van der Waals surface area contributed by atoms with E-state index in [0.717, 1.165) is 37.3 Å². The first-order valence-corrected chi connectivity index (χ1v) is 6.40. The van der Waals surface area contributed by atoms with E-state index in [2.05, 4.69) is 17.0 Å². The monoisotopic (exact) mass is 243 g/mol. The lowest BCUT2D eigenvalue weighted by Crippen LogP contribution is -2.36. The van der Waals surface area contributed by atoms with Gasteiger partial charge in [0.05, 0.1) is 12.4 Å². The third-order valence-corrected chi connectivity index (χ3v) is 3.50. The number of furan rings is 1. The van der Waals surface area contributed by atoms with Crippen LogP contribution in [0.1, 0.15) is 12.8 Å². The fourth-order valence-electron chi connectivity index (χ4n) is 2.50. The second-order valence-electron chi connectivity index (χ2n) is 4.71. The van der Waals surface area contributed by atoms with Gasteiger partial charge in [-0.15, -0.1) is 0 Å². The van der Waals surface area contributed by atoms with Gasteiger partial charge >= 0.3 is 0 Å². The van der Waals surface area contributed by atoms with Gasteiger partial charge in [-0.3, -0.25) is 0 Å². The summed E-state index contributed by atoms with van der Waals surface area (Å²) in [6.45, 7) is 1.80. The molecule has 0 saturated carbocycles. The molecule has 0 bridgehead atoms. The van der Waals surface area contributed by atoms with E-state index < -0.39 is 0 Å². The van der Waals surface area contributed by atoms with Gasteiger partial charge in [0.25, 0.3) is 0 Å². The summed E-state index contributed by atoms with van der Waals surface area (Å²) in [4.78, 5) is 2.32. The molecule has 1 aliphatic rings. The van der Waals surface area contributed by atoms with Crippen molar-refractivity contribution in [2.75, 3.05) is 18.0 Å². The van der Waals surface area contributed by atoms with Crippen molar-refractivity contribution in [2.45, 2.75) is 18.9 Å². The number of piperidine rings is 1. The van der Waals surface area contributed by atoms with Crippen LogP contribution in [0.25, 0.3) is 11.3 Å². The number of hydrogen-bond acceptors (Lipinski definition) is 3. The minimum absolute atomic E-state index is 0.142. The van der Waals surface area contributed by atoms with Gasteiger partial charge in [-0.2, -0.15) is 0 Å². The summed E-state index contributed by atoms with van der Waals surface area (Å²) in [5.41, 5.74) is 2.32. The lowest BCUT2D eigenvalue weighted by atomic mass is 10.0. The van der Waals surface area contributed by atoms with E-state index in [0.29, 0.717) is 0 Å². The number of aliphatic hydroxyl groups excluding tert-OH is 1. The van der Waals surface area contributed by atoms with Crippen molar-refractivity contribution in [1.82, 2.24) is 0 Å². The zero-order valence-corrected chi connectivity index (χ0v) is 10.2. The molecule has 1 N–H and O–H groups in total. The lowest BCUT2D eigenvalue weighted by Gasteiger charge is -2.32. The predicted molar refractivity (Wildman–Crippen MR) is 71.6 cm³/mol. The van der Waals surface area contributed by atoms with Crippen LogP contribution in [0.3, 0.4) is 0 Å². The maximum atomic E-state index is 9.58. The van der Waals surface area contributed by atoms with Crippen LogP contribution in [0.5, 0.6) is 0 Å². The molecule has 0 aliphatic carbocycles. The second-order valence-corrected chi connectivity index (χ2v) is 4.71. The Labute approximate surface area is 107 Å². The predicted octanol–water partition coefficient (Wildman–Crippen LogP) is 2.91. The molecule has 94 valence electrons. The SMILES string of the molecule is OC1CCN(c2ccccc2-c2ccco2)CC1. The fraction of sp³-hybridized carbons (Fsp3) is 0.333. The summed E-state index contributed by atoms with van der Waals surface area (Å²) in [6, 6.07) is 12.2. The highest BCUT2D eigenvalue weighted by atomic mass is 16.3. The van der Waals surface area contributed by atoms with E-state index in [1.54, 1.807) is 6.26 Å². The zero-order chi connectivity index (χ0) is 12.4. The number of aliphatic hydroxyl groups is 1. The molecule has 18 heavy (non-hydrogen) atoms. The fourth-order valence-corrected chi connectivity index (χ4v) is 2.50. The first-order chi connectivity index (χ1) is 8.84. The molecule has 0 amide bonds. The molecule has 2 heterocycles. The Hall–Kier alpha value is -1.74. The highest BCUT2D eigenvalue weighted by molar-refractivity contribution is 5.75. The van der Waals surface area contributed by atoms with Gasteiger partial charge in [-0.05, 0) is 37.1 Å². The molecule has 2 aromatic rings. The largest absolute Gasteiger partial charge is 0.464 e. The first kappa shape index (κ1) is 11.4. The van der Waals surface area contributed by atoms with Crippen LogP contribution < -0.4 is 4.90 Å². The molecule has 0 spiro atoms. The van der Waals surface area contributed by atoms with Crippen molar-refractivity contribution in [3.8, 4) is 11.3 Å². The maximum absolute atomic E-state index is 9.58. The van der Waals surface area contributed by atoms with Gasteiger partial charge < -0.3 is 14.4 Å². The van der Waals surface area contributed by atoms with Gasteiger partial charge in [0.15, 0.2) is 0 Å². The van der Waals surface area contributed by atoms with Crippen LogP contribution in [-0.4, -0.2) is 24.3 Å². The van der Waals surface area contributed by atoms with E-state index in [9.17, 15) is 5.11 Å². The van der Waals surface area contributed by atoms with E-state index >= 15 is 0 Å². The third kappa shape index (κ3) is 2.14. The molecule has 3 heteroatoms. The summed E-state index contributed by atoms with van der Waals surface area (Å²) in [5.74, 6) is 0.900. The Morgan fingerprint density at radius 3 is 2.56 bits per heavy atom. The molecule has 1 aliphatic heterocycles. The maximum Gasteiger partial charge on any atom is 0.135 e. The molecule has 0 atom stereocenters. The molecule has 3 rings (SSSR count). The Morgan fingerprint density at radius 2 is 1.83 bits per heavy atom. The lowest BCUT2D eigenvalue weighted by molar-refractivity contribution is 0.145. The topological polar surface area (TPSA) is 36.6 Å². The van der Waals surface area contributed by atoms with E-state index in [4.69, 9.17) is 4.42 Å². The summed E-state index contributed by atoms with van der Waals surface area (Å²) in [5, 5.41) is 9.58. The average Bonchev–Trinajstić information content (AvgIpc) is 2.93. The summed E-state index contributed by atoms with van der Waals surface area (Å²) >= 11 is 0. The standard InChI is InChI=1S/C15H17NO2/c17-12-7-9-16(10-8-12)14-5-2-1-4-13(14)15-6-3-11-18-15/h1-6,11-12,17H,7-10H2. The summed E-state index contributed by atoms with van der Waals surface area (Å²) < 4.78 is 5.50.